The Morgan fingerprint density at radius 2 is 2.15 bits per heavy atom. The van der Waals surface area contributed by atoms with Crippen LogP contribution in [0, 0.1) is 16.7 Å². The summed E-state index contributed by atoms with van der Waals surface area (Å²) in [5, 5.41) is 8.58. The number of hydrogen-bond acceptors (Lipinski definition) is 6. The van der Waals surface area contributed by atoms with Crippen LogP contribution in [0.4, 0.5) is 5.69 Å². The summed E-state index contributed by atoms with van der Waals surface area (Å²) in [5.74, 6) is -0.185. The van der Waals surface area contributed by atoms with E-state index in [1.807, 2.05) is 0 Å². The van der Waals surface area contributed by atoms with Crippen molar-refractivity contribution in [3.05, 3.63) is 18.2 Å². The van der Waals surface area contributed by atoms with E-state index in [4.69, 9.17) is 15.4 Å². The molecule has 0 spiro atoms. The Kier molecular flexibility index (Phi) is 3.44. The molecule has 1 heterocycles. The van der Waals surface area contributed by atoms with Crippen molar-refractivity contribution in [1.82, 2.24) is 4.98 Å². The number of rotatable bonds is 4. The molecule has 7 heteroatoms. The minimum absolute atomic E-state index is 0.185. The smallest absolute Gasteiger partial charge is 0.316 e. The molecular formula is C13H15N3O3S. The zero-order valence-electron chi connectivity index (χ0n) is 11.3. The zero-order chi connectivity index (χ0) is 15.0. The number of hydrogen-bond donors (Lipinski definition) is 1. The van der Waals surface area contributed by atoms with E-state index < -0.39 is 15.3 Å². The minimum Gasteiger partial charge on any atom is -0.428 e. The summed E-state index contributed by atoms with van der Waals surface area (Å²) in [7, 11) is -3.65. The van der Waals surface area contributed by atoms with Crippen LogP contribution in [0.3, 0.4) is 0 Å². The molecule has 2 rings (SSSR count). The van der Waals surface area contributed by atoms with Crippen LogP contribution >= 0.6 is 0 Å². The minimum atomic E-state index is -3.65. The van der Waals surface area contributed by atoms with Crippen LogP contribution in [-0.4, -0.2) is 19.2 Å². The average Bonchev–Trinajstić information content (AvgIpc) is 2.80. The molecule has 106 valence electrons. The van der Waals surface area contributed by atoms with E-state index in [9.17, 15) is 8.42 Å². The van der Waals surface area contributed by atoms with Gasteiger partial charge in [0.15, 0.2) is 5.58 Å². The van der Waals surface area contributed by atoms with Gasteiger partial charge in [-0.25, -0.2) is 8.42 Å². The third-order valence-electron chi connectivity index (χ3n) is 2.96. The molecule has 2 N–H and O–H groups in total. The number of benzene rings is 1. The van der Waals surface area contributed by atoms with Gasteiger partial charge in [-0.15, -0.1) is 0 Å². The van der Waals surface area contributed by atoms with E-state index in [0.29, 0.717) is 16.8 Å². The summed E-state index contributed by atoms with van der Waals surface area (Å²) in [6, 6.07) is 6.82. The van der Waals surface area contributed by atoms with Gasteiger partial charge in [-0.05, 0) is 32.4 Å². The molecule has 20 heavy (non-hydrogen) atoms. The van der Waals surface area contributed by atoms with Gasteiger partial charge < -0.3 is 10.2 Å². The third kappa shape index (κ3) is 2.91. The maximum absolute atomic E-state index is 12.2. The summed E-state index contributed by atoms with van der Waals surface area (Å²) in [4.78, 5) is 3.96. The SMILES string of the molecule is CC(C)(C#N)CCS(=O)(=O)c1nc2ccc(N)cc2o1. The summed E-state index contributed by atoms with van der Waals surface area (Å²) in [6.45, 7) is 3.38. The van der Waals surface area contributed by atoms with Gasteiger partial charge in [-0.3, -0.25) is 0 Å². The number of oxazole rings is 1. The van der Waals surface area contributed by atoms with Gasteiger partial charge in [0.05, 0.1) is 17.2 Å². The number of sulfone groups is 1. The number of anilines is 1. The van der Waals surface area contributed by atoms with Gasteiger partial charge >= 0.3 is 5.22 Å². The first-order valence-electron chi connectivity index (χ1n) is 6.04. The fourth-order valence-corrected chi connectivity index (χ4v) is 2.99. The molecule has 0 fully saturated rings. The summed E-state index contributed by atoms with van der Waals surface area (Å²) in [5.41, 5.74) is 6.15. The largest absolute Gasteiger partial charge is 0.428 e. The quantitative estimate of drug-likeness (QED) is 0.864. The Bertz CT molecular complexity index is 785. The van der Waals surface area contributed by atoms with Gasteiger partial charge in [0, 0.05) is 11.8 Å². The molecule has 1 aromatic heterocycles. The van der Waals surface area contributed by atoms with Gasteiger partial charge in [0.1, 0.15) is 5.52 Å². The lowest BCUT2D eigenvalue weighted by Gasteiger charge is -2.13. The highest BCUT2D eigenvalue weighted by Crippen LogP contribution is 2.25. The van der Waals surface area contributed by atoms with Crippen molar-refractivity contribution < 1.29 is 12.8 Å². The highest BCUT2D eigenvalue weighted by atomic mass is 32.2. The normalized spacial score (nSPS) is 12.4. The van der Waals surface area contributed by atoms with Gasteiger partial charge in [0.25, 0.3) is 0 Å². The Balaban J connectivity index is 2.30. The molecule has 1 aromatic carbocycles. The number of nitrogens with two attached hydrogens (primary N) is 1. The highest BCUT2D eigenvalue weighted by molar-refractivity contribution is 7.91. The summed E-state index contributed by atoms with van der Waals surface area (Å²) in [6.07, 6.45) is 0.215. The van der Waals surface area contributed by atoms with E-state index in [-0.39, 0.29) is 17.4 Å². The van der Waals surface area contributed by atoms with Gasteiger partial charge in [-0.2, -0.15) is 10.2 Å². The predicted octanol–water partition coefficient (Wildman–Crippen LogP) is 2.12. The number of nitriles is 1. The van der Waals surface area contributed by atoms with Crippen molar-refractivity contribution in [3.63, 3.8) is 0 Å². The van der Waals surface area contributed by atoms with Crippen LogP contribution in [0.15, 0.2) is 27.8 Å². The maximum Gasteiger partial charge on any atom is 0.316 e. The van der Waals surface area contributed by atoms with E-state index in [2.05, 4.69) is 11.1 Å². The number of nitrogens with zero attached hydrogens (tertiary/aromatic N) is 2. The molecule has 0 saturated heterocycles. The number of aromatic nitrogens is 1. The standard InChI is InChI=1S/C13H15N3O3S/c1-13(2,8-14)5-6-20(17,18)12-16-10-4-3-9(15)7-11(10)19-12/h3-4,7H,5-6,15H2,1-2H3. The maximum atomic E-state index is 12.2. The Labute approximate surface area is 117 Å². The number of fused-ring (bicyclic) bond motifs is 1. The van der Waals surface area contributed by atoms with Crippen molar-refractivity contribution in [1.29, 1.82) is 5.26 Å². The molecule has 2 aromatic rings. The van der Waals surface area contributed by atoms with E-state index in [1.54, 1.807) is 26.0 Å². The molecule has 0 unspecified atom stereocenters. The summed E-state index contributed by atoms with van der Waals surface area (Å²) >= 11 is 0. The first-order valence-corrected chi connectivity index (χ1v) is 7.69. The van der Waals surface area contributed by atoms with Gasteiger partial charge in [-0.1, -0.05) is 0 Å². The third-order valence-corrected chi connectivity index (χ3v) is 4.41. The van der Waals surface area contributed by atoms with Gasteiger partial charge in [0.2, 0.25) is 9.84 Å². The Hall–Kier alpha value is -2.07. The van der Waals surface area contributed by atoms with Crippen LogP contribution in [0.5, 0.6) is 0 Å². The van der Waals surface area contributed by atoms with Crippen molar-refractivity contribution in [2.24, 2.45) is 5.41 Å². The molecular weight excluding hydrogens is 278 g/mol. The molecule has 0 aliphatic heterocycles. The molecule has 0 aliphatic carbocycles. The second-order valence-electron chi connectivity index (χ2n) is 5.27. The lowest BCUT2D eigenvalue weighted by atomic mass is 9.93. The number of nitrogen functional groups attached to an aromatic ring is 1. The second-order valence-corrected chi connectivity index (χ2v) is 7.26. The first-order chi connectivity index (χ1) is 9.23. The Morgan fingerprint density at radius 1 is 1.45 bits per heavy atom. The highest BCUT2D eigenvalue weighted by Gasteiger charge is 2.26. The zero-order valence-corrected chi connectivity index (χ0v) is 12.1. The predicted molar refractivity (Wildman–Crippen MR) is 74.5 cm³/mol. The van der Waals surface area contributed by atoms with Crippen molar-refractivity contribution in [2.75, 3.05) is 11.5 Å². The van der Waals surface area contributed by atoms with Crippen LogP contribution < -0.4 is 5.73 Å². The van der Waals surface area contributed by atoms with Crippen molar-refractivity contribution in [2.45, 2.75) is 25.5 Å². The van der Waals surface area contributed by atoms with E-state index in [1.165, 1.54) is 6.07 Å². The lowest BCUT2D eigenvalue weighted by Crippen LogP contribution is -2.16. The van der Waals surface area contributed by atoms with Crippen LogP contribution in [-0.2, 0) is 9.84 Å². The molecule has 6 nitrogen and oxygen atoms in total. The van der Waals surface area contributed by atoms with E-state index in [0.717, 1.165) is 0 Å². The molecule has 0 amide bonds. The monoisotopic (exact) mass is 293 g/mol. The van der Waals surface area contributed by atoms with E-state index >= 15 is 0 Å². The lowest BCUT2D eigenvalue weighted by molar-refractivity contribution is 0.444. The first kappa shape index (κ1) is 14.3. The fourth-order valence-electron chi connectivity index (χ4n) is 1.59. The fraction of sp³-hybridized carbons (Fsp3) is 0.385. The van der Waals surface area contributed by atoms with Crippen LogP contribution in [0.2, 0.25) is 0 Å². The molecule has 0 atom stereocenters. The summed E-state index contributed by atoms with van der Waals surface area (Å²) < 4.78 is 29.6. The molecule has 0 aliphatic rings. The second kappa shape index (κ2) is 4.80. The van der Waals surface area contributed by atoms with Crippen LogP contribution in [0.25, 0.3) is 11.1 Å². The molecule has 0 saturated carbocycles. The van der Waals surface area contributed by atoms with Crippen LogP contribution in [0.1, 0.15) is 20.3 Å². The molecule has 0 radical (unpaired) electrons. The van der Waals surface area contributed by atoms with Crippen molar-refractivity contribution in [3.8, 4) is 6.07 Å². The average molecular weight is 293 g/mol. The topological polar surface area (TPSA) is 110 Å². The Morgan fingerprint density at radius 3 is 2.80 bits per heavy atom. The van der Waals surface area contributed by atoms with Crippen molar-refractivity contribution >= 4 is 26.6 Å². The molecule has 0 bridgehead atoms.